The van der Waals surface area contributed by atoms with Crippen LogP contribution in [-0.2, 0) is 0 Å². The lowest BCUT2D eigenvalue weighted by Gasteiger charge is -2.17. The van der Waals surface area contributed by atoms with E-state index in [0.29, 0.717) is 6.54 Å². The Morgan fingerprint density at radius 1 is 1.25 bits per heavy atom. The van der Waals surface area contributed by atoms with Gasteiger partial charge in [-0.1, -0.05) is 0 Å². The van der Waals surface area contributed by atoms with Crippen molar-refractivity contribution in [2.24, 2.45) is 5.73 Å². The first-order valence-electron chi connectivity index (χ1n) is 5.21. The molecule has 0 radical (unpaired) electrons. The van der Waals surface area contributed by atoms with Gasteiger partial charge in [0.1, 0.15) is 11.5 Å². The van der Waals surface area contributed by atoms with Gasteiger partial charge in [-0.3, -0.25) is 0 Å². The molecule has 0 aliphatic carbocycles. The highest BCUT2D eigenvalue weighted by Gasteiger charge is 2.14. The average molecular weight is 225 g/mol. The average Bonchev–Trinajstić information content (AvgIpc) is 2.32. The van der Waals surface area contributed by atoms with Crippen molar-refractivity contribution in [1.82, 2.24) is 0 Å². The Morgan fingerprint density at radius 2 is 1.75 bits per heavy atom. The molecule has 0 aromatic heterocycles. The summed E-state index contributed by atoms with van der Waals surface area (Å²) in [4.78, 5) is 0. The fraction of sp³-hybridized carbons (Fsp3) is 0.500. The minimum atomic E-state index is -0.0802. The van der Waals surface area contributed by atoms with Crippen LogP contribution in [0.2, 0.25) is 0 Å². The van der Waals surface area contributed by atoms with Gasteiger partial charge in [-0.15, -0.1) is 0 Å². The van der Waals surface area contributed by atoms with Crippen molar-refractivity contribution >= 4 is 0 Å². The number of methoxy groups -OCH3 is 2. The number of aliphatic hydroxyl groups excluding tert-OH is 1. The Kier molecular flexibility index (Phi) is 4.58. The predicted molar refractivity (Wildman–Crippen MR) is 63.2 cm³/mol. The van der Waals surface area contributed by atoms with Crippen LogP contribution in [0.4, 0.5) is 0 Å². The Balaban J connectivity index is 3.20. The van der Waals surface area contributed by atoms with Crippen LogP contribution in [0.15, 0.2) is 12.1 Å². The standard InChI is InChI=1S/C12H19NO3/c1-8-11(15-2)4-9(5-12(8)16-3)10(6-13)7-14/h4-5,10,14H,6-7,13H2,1-3H3. The van der Waals surface area contributed by atoms with Gasteiger partial charge in [0, 0.05) is 18.0 Å². The monoisotopic (exact) mass is 225 g/mol. The lowest BCUT2D eigenvalue weighted by molar-refractivity contribution is 0.267. The van der Waals surface area contributed by atoms with E-state index in [9.17, 15) is 5.11 Å². The van der Waals surface area contributed by atoms with E-state index in [2.05, 4.69) is 0 Å². The SMILES string of the molecule is COc1cc(C(CN)CO)cc(OC)c1C. The van der Waals surface area contributed by atoms with Crippen LogP contribution in [0.3, 0.4) is 0 Å². The van der Waals surface area contributed by atoms with Gasteiger partial charge in [-0.25, -0.2) is 0 Å². The Morgan fingerprint density at radius 3 is 2.06 bits per heavy atom. The largest absolute Gasteiger partial charge is 0.496 e. The molecule has 1 unspecified atom stereocenters. The van der Waals surface area contributed by atoms with E-state index in [0.717, 1.165) is 22.6 Å². The summed E-state index contributed by atoms with van der Waals surface area (Å²) in [5, 5.41) is 9.21. The van der Waals surface area contributed by atoms with E-state index in [1.54, 1.807) is 14.2 Å². The number of benzene rings is 1. The number of aliphatic hydroxyl groups is 1. The number of rotatable bonds is 5. The molecular formula is C12H19NO3. The molecule has 0 saturated heterocycles. The Bertz CT molecular complexity index is 323. The number of nitrogens with two attached hydrogens (primary N) is 1. The van der Waals surface area contributed by atoms with Gasteiger partial charge in [-0.05, 0) is 24.6 Å². The predicted octanol–water partition coefficient (Wildman–Crippen LogP) is 1.05. The smallest absolute Gasteiger partial charge is 0.125 e. The van der Waals surface area contributed by atoms with Crippen LogP contribution < -0.4 is 15.2 Å². The molecule has 4 nitrogen and oxygen atoms in total. The topological polar surface area (TPSA) is 64.7 Å². The number of hydrogen-bond donors (Lipinski definition) is 2. The van der Waals surface area contributed by atoms with Crippen LogP contribution >= 0.6 is 0 Å². The molecule has 3 N–H and O–H groups in total. The third kappa shape index (κ3) is 2.46. The van der Waals surface area contributed by atoms with E-state index >= 15 is 0 Å². The quantitative estimate of drug-likeness (QED) is 0.786. The van der Waals surface area contributed by atoms with Gasteiger partial charge in [0.15, 0.2) is 0 Å². The molecule has 0 aliphatic rings. The van der Waals surface area contributed by atoms with Crippen molar-refractivity contribution in [3.63, 3.8) is 0 Å². The summed E-state index contributed by atoms with van der Waals surface area (Å²) in [5.74, 6) is 1.42. The normalized spacial score (nSPS) is 12.3. The molecule has 1 rings (SSSR count). The van der Waals surface area contributed by atoms with Gasteiger partial charge in [0.25, 0.3) is 0 Å². The second kappa shape index (κ2) is 5.72. The van der Waals surface area contributed by atoms with Gasteiger partial charge >= 0.3 is 0 Å². The second-order valence-corrected chi connectivity index (χ2v) is 3.67. The zero-order valence-corrected chi connectivity index (χ0v) is 9.99. The molecule has 16 heavy (non-hydrogen) atoms. The lowest BCUT2D eigenvalue weighted by Crippen LogP contribution is -2.16. The van der Waals surface area contributed by atoms with Crippen LogP contribution in [0, 0.1) is 6.92 Å². The first-order chi connectivity index (χ1) is 7.67. The molecule has 4 heteroatoms. The first-order valence-corrected chi connectivity index (χ1v) is 5.21. The maximum Gasteiger partial charge on any atom is 0.125 e. The molecule has 0 bridgehead atoms. The minimum absolute atomic E-state index is 0.0197. The lowest BCUT2D eigenvalue weighted by atomic mass is 9.98. The molecular weight excluding hydrogens is 206 g/mol. The molecule has 1 aromatic carbocycles. The van der Waals surface area contributed by atoms with Crippen LogP contribution in [0.5, 0.6) is 11.5 Å². The summed E-state index contributed by atoms with van der Waals surface area (Å²) in [6.45, 7) is 2.34. The summed E-state index contributed by atoms with van der Waals surface area (Å²) in [6, 6.07) is 3.79. The van der Waals surface area contributed by atoms with Crippen LogP contribution in [0.25, 0.3) is 0 Å². The highest BCUT2D eigenvalue weighted by Crippen LogP contribution is 2.32. The molecule has 90 valence electrons. The first kappa shape index (κ1) is 12.8. The van der Waals surface area contributed by atoms with Crippen molar-refractivity contribution in [3.8, 4) is 11.5 Å². The molecule has 0 aliphatic heterocycles. The highest BCUT2D eigenvalue weighted by molar-refractivity contribution is 5.48. The van der Waals surface area contributed by atoms with Gasteiger partial charge in [0.2, 0.25) is 0 Å². The van der Waals surface area contributed by atoms with E-state index in [1.807, 2.05) is 19.1 Å². The summed E-state index contributed by atoms with van der Waals surface area (Å²) < 4.78 is 10.5. The van der Waals surface area contributed by atoms with Crippen molar-refractivity contribution in [2.75, 3.05) is 27.4 Å². The van der Waals surface area contributed by atoms with Crippen LogP contribution in [-0.4, -0.2) is 32.5 Å². The summed E-state index contributed by atoms with van der Waals surface area (Å²) in [6.07, 6.45) is 0. The third-order valence-electron chi connectivity index (χ3n) is 2.75. The number of hydrogen-bond acceptors (Lipinski definition) is 4. The summed E-state index contributed by atoms with van der Waals surface area (Å²) in [7, 11) is 3.23. The molecule has 0 fully saturated rings. The van der Waals surface area contributed by atoms with E-state index < -0.39 is 0 Å². The fourth-order valence-electron chi connectivity index (χ4n) is 1.66. The Labute approximate surface area is 96.0 Å². The minimum Gasteiger partial charge on any atom is -0.496 e. The summed E-state index contributed by atoms with van der Waals surface area (Å²) >= 11 is 0. The van der Waals surface area contributed by atoms with Crippen molar-refractivity contribution in [1.29, 1.82) is 0 Å². The third-order valence-corrected chi connectivity index (χ3v) is 2.75. The van der Waals surface area contributed by atoms with Crippen molar-refractivity contribution in [3.05, 3.63) is 23.3 Å². The maximum absolute atomic E-state index is 9.21. The zero-order chi connectivity index (χ0) is 12.1. The molecule has 0 spiro atoms. The fourth-order valence-corrected chi connectivity index (χ4v) is 1.66. The summed E-state index contributed by atoms with van der Waals surface area (Å²) in [5.41, 5.74) is 7.48. The van der Waals surface area contributed by atoms with Gasteiger partial charge < -0.3 is 20.3 Å². The molecule has 0 amide bonds. The molecule has 0 heterocycles. The van der Waals surface area contributed by atoms with Crippen molar-refractivity contribution in [2.45, 2.75) is 12.8 Å². The second-order valence-electron chi connectivity index (χ2n) is 3.67. The van der Waals surface area contributed by atoms with Gasteiger partial charge in [-0.2, -0.15) is 0 Å². The van der Waals surface area contributed by atoms with Gasteiger partial charge in [0.05, 0.1) is 20.8 Å². The number of ether oxygens (including phenoxy) is 2. The zero-order valence-electron chi connectivity index (χ0n) is 9.99. The van der Waals surface area contributed by atoms with Crippen molar-refractivity contribution < 1.29 is 14.6 Å². The maximum atomic E-state index is 9.21. The highest BCUT2D eigenvalue weighted by atomic mass is 16.5. The van der Waals surface area contributed by atoms with Crippen LogP contribution in [0.1, 0.15) is 17.0 Å². The Hall–Kier alpha value is -1.26. The van der Waals surface area contributed by atoms with E-state index in [-0.39, 0.29) is 12.5 Å². The van der Waals surface area contributed by atoms with E-state index in [1.165, 1.54) is 0 Å². The molecule has 0 saturated carbocycles. The van der Waals surface area contributed by atoms with E-state index in [4.69, 9.17) is 15.2 Å². The molecule has 1 atom stereocenters. The molecule has 1 aromatic rings.